The van der Waals surface area contributed by atoms with Crippen molar-refractivity contribution in [2.24, 2.45) is 0 Å². The Balaban J connectivity index is 1.42. The van der Waals surface area contributed by atoms with Crippen molar-refractivity contribution < 1.29 is 9.53 Å². The normalized spacial score (nSPS) is 15.8. The van der Waals surface area contributed by atoms with Crippen molar-refractivity contribution in [1.82, 2.24) is 24.6 Å². The molecule has 3 aromatic rings. The first-order valence-corrected chi connectivity index (χ1v) is 12.2. The van der Waals surface area contributed by atoms with E-state index in [1.165, 1.54) is 12.5 Å². The molecular formula is C24H30N6O2S. The van der Waals surface area contributed by atoms with Gasteiger partial charge in [-0.05, 0) is 49.7 Å². The highest BCUT2D eigenvalue weighted by Gasteiger charge is 2.22. The van der Waals surface area contributed by atoms with Crippen LogP contribution < -0.4 is 5.32 Å². The van der Waals surface area contributed by atoms with Gasteiger partial charge in [-0.25, -0.2) is 0 Å². The third kappa shape index (κ3) is 6.86. The maximum absolute atomic E-state index is 11.2. The van der Waals surface area contributed by atoms with Gasteiger partial charge in [-0.15, -0.1) is 10.2 Å². The highest BCUT2D eigenvalue weighted by molar-refractivity contribution is 7.98. The Bertz CT molecular complexity index is 1030. The molecule has 33 heavy (non-hydrogen) atoms. The van der Waals surface area contributed by atoms with Gasteiger partial charge in [-0.2, -0.15) is 0 Å². The van der Waals surface area contributed by atoms with Crippen LogP contribution in [0.5, 0.6) is 0 Å². The summed E-state index contributed by atoms with van der Waals surface area (Å²) in [6.07, 6.45) is 4.20. The molecule has 0 saturated carbocycles. The van der Waals surface area contributed by atoms with E-state index in [2.05, 4.69) is 37.0 Å². The van der Waals surface area contributed by atoms with Gasteiger partial charge in [-0.3, -0.25) is 14.7 Å². The van der Waals surface area contributed by atoms with E-state index in [1.54, 1.807) is 11.8 Å². The lowest BCUT2D eigenvalue weighted by Crippen LogP contribution is -2.23. The standard InChI is InChI=1S/C24H30N6O2S/c1-18(31)26-20-10-8-19(9-11-20)14-29(2)16-23-27-28-24(30(23)15-22-7-5-13-32-22)33-17-21-6-3-4-12-25-21/h3-4,6,8-12,22H,5,7,13-17H2,1-2H3,(H,26,31). The van der Waals surface area contributed by atoms with Gasteiger partial charge in [0.05, 0.1) is 24.9 Å². The number of amides is 1. The molecule has 0 aliphatic carbocycles. The van der Waals surface area contributed by atoms with E-state index < -0.39 is 0 Å². The van der Waals surface area contributed by atoms with Crippen molar-refractivity contribution in [1.29, 1.82) is 0 Å². The molecule has 3 heterocycles. The number of benzene rings is 1. The van der Waals surface area contributed by atoms with Crippen LogP contribution in [0.4, 0.5) is 5.69 Å². The Hall–Kier alpha value is -2.75. The second-order valence-corrected chi connectivity index (χ2v) is 9.25. The molecule has 0 spiro atoms. The number of anilines is 1. The van der Waals surface area contributed by atoms with E-state index >= 15 is 0 Å². The first-order valence-electron chi connectivity index (χ1n) is 11.2. The van der Waals surface area contributed by atoms with E-state index in [9.17, 15) is 4.79 Å². The van der Waals surface area contributed by atoms with Gasteiger partial charge in [-0.1, -0.05) is 30.0 Å². The Morgan fingerprint density at radius 2 is 2.06 bits per heavy atom. The second-order valence-electron chi connectivity index (χ2n) is 8.30. The Kier molecular flexibility index (Phi) is 8.09. The Labute approximate surface area is 198 Å². The van der Waals surface area contributed by atoms with Crippen LogP contribution in [-0.4, -0.2) is 50.3 Å². The van der Waals surface area contributed by atoms with Gasteiger partial charge in [0.1, 0.15) is 5.82 Å². The molecule has 0 bridgehead atoms. The van der Waals surface area contributed by atoms with Gasteiger partial charge in [0, 0.05) is 37.7 Å². The summed E-state index contributed by atoms with van der Waals surface area (Å²) in [5, 5.41) is 12.7. The van der Waals surface area contributed by atoms with Gasteiger partial charge in [0.25, 0.3) is 0 Å². The van der Waals surface area contributed by atoms with Gasteiger partial charge in [0.2, 0.25) is 5.91 Å². The SMILES string of the molecule is CC(=O)Nc1ccc(CN(C)Cc2nnc(SCc3ccccn3)n2CC2CCCO2)cc1. The number of nitrogens with one attached hydrogen (secondary N) is 1. The van der Waals surface area contributed by atoms with Crippen LogP contribution in [-0.2, 0) is 34.9 Å². The molecule has 9 heteroatoms. The minimum Gasteiger partial charge on any atom is -0.376 e. The molecule has 1 aliphatic heterocycles. The van der Waals surface area contributed by atoms with Crippen molar-refractivity contribution >= 4 is 23.4 Å². The molecule has 1 aliphatic rings. The fraction of sp³-hybridized carbons (Fsp3) is 0.417. The summed E-state index contributed by atoms with van der Waals surface area (Å²) >= 11 is 1.66. The van der Waals surface area contributed by atoms with Crippen molar-refractivity contribution in [3.63, 3.8) is 0 Å². The molecule has 1 aromatic carbocycles. The number of ether oxygens (including phenoxy) is 1. The minimum absolute atomic E-state index is 0.0674. The molecule has 8 nitrogen and oxygen atoms in total. The summed E-state index contributed by atoms with van der Waals surface area (Å²) in [6, 6.07) is 13.9. The van der Waals surface area contributed by atoms with Crippen LogP contribution in [0.15, 0.2) is 53.8 Å². The van der Waals surface area contributed by atoms with Crippen molar-refractivity contribution in [2.75, 3.05) is 19.0 Å². The lowest BCUT2D eigenvalue weighted by molar-refractivity contribution is -0.114. The average molecular weight is 467 g/mol. The average Bonchev–Trinajstić information content (AvgIpc) is 3.45. The van der Waals surface area contributed by atoms with Crippen LogP contribution in [0.3, 0.4) is 0 Å². The largest absolute Gasteiger partial charge is 0.376 e. The molecule has 0 radical (unpaired) electrons. The van der Waals surface area contributed by atoms with Crippen molar-refractivity contribution in [2.45, 2.75) is 56.4 Å². The molecule has 4 rings (SSSR count). The van der Waals surface area contributed by atoms with Crippen LogP contribution in [0.25, 0.3) is 0 Å². The van der Waals surface area contributed by atoms with Crippen LogP contribution >= 0.6 is 11.8 Å². The Morgan fingerprint density at radius 3 is 2.76 bits per heavy atom. The number of pyridine rings is 1. The molecule has 2 aromatic heterocycles. The quantitative estimate of drug-likeness (QED) is 0.456. The number of aromatic nitrogens is 4. The van der Waals surface area contributed by atoms with Crippen molar-refractivity contribution in [3.8, 4) is 0 Å². The van der Waals surface area contributed by atoms with Crippen LogP contribution in [0.2, 0.25) is 0 Å². The second kappa shape index (κ2) is 11.4. The number of nitrogens with zero attached hydrogens (tertiary/aromatic N) is 5. The minimum atomic E-state index is -0.0674. The van der Waals surface area contributed by atoms with E-state index in [0.717, 1.165) is 60.7 Å². The monoisotopic (exact) mass is 466 g/mol. The molecule has 1 atom stereocenters. The van der Waals surface area contributed by atoms with E-state index in [-0.39, 0.29) is 12.0 Å². The molecular weight excluding hydrogens is 436 g/mol. The zero-order chi connectivity index (χ0) is 23.0. The number of rotatable bonds is 10. The smallest absolute Gasteiger partial charge is 0.221 e. The highest BCUT2D eigenvalue weighted by Crippen LogP contribution is 2.24. The summed E-state index contributed by atoms with van der Waals surface area (Å²) in [5.41, 5.74) is 3.00. The zero-order valence-electron chi connectivity index (χ0n) is 19.1. The Morgan fingerprint density at radius 1 is 1.21 bits per heavy atom. The van der Waals surface area contributed by atoms with Crippen LogP contribution in [0, 0.1) is 0 Å². The van der Waals surface area contributed by atoms with Crippen LogP contribution in [0.1, 0.15) is 36.8 Å². The third-order valence-electron chi connectivity index (χ3n) is 5.42. The predicted molar refractivity (Wildman–Crippen MR) is 129 cm³/mol. The lowest BCUT2D eigenvalue weighted by atomic mass is 10.2. The summed E-state index contributed by atoms with van der Waals surface area (Å²) in [5.74, 6) is 1.62. The van der Waals surface area contributed by atoms with E-state index in [4.69, 9.17) is 4.74 Å². The fourth-order valence-electron chi connectivity index (χ4n) is 3.85. The number of carbonyl (C=O) groups is 1. The van der Waals surface area contributed by atoms with Gasteiger partial charge >= 0.3 is 0 Å². The fourth-order valence-corrected chi connectivity index (χ4v) is 4.73. The summed E-state index contributed by atoms with van der Waals surface area (Å²) in [7, 11) is 2.08. The number of carbonyl (C=O) groups excluding carboxylic acids is 1. The molecule has 174 valence electrons. The molecule has 1 fully saturated rings. The summed E-state index contributed by atoms with van der Waals surface area (Å²) in [6.45, 7) is 4.55. The first-order chi connectivity index (χ1) is 16.1. The van der Waals surface area contributed by atoms with Gasteiger partial charge in [0.15, 0.2) is 5.16 Å². The number of hydrogen-bond donors (Lipinski definition) is 1. The summed E-state index contributed by atoms with van der Waals surface area (Å²) < 4.78 is 8.11. The highest BCUT2D eigenvalue weighted by atomic mass is 32.2. The van der Waals surface area contributed by atoms with Gasteiger partial charge < -0.3 is 14.6 Å². The van der Waals surface area contributed by atoms with Crippen molar-refractivity contribution in [3.05, 3.63) is 65.7 Å². The maximum atomic E-state index is 11.2. The molecule has 1 amide bonds. The third-order valence-corrected chi connectivity index (χ3v) is 6.42. The first kappa shape index (κ1) is 23.4. The molecule has 1 N–H and O–H groups in total. The topological polar surface area (TPSA) is 85.2 Å². The lowest BCUT2D eigenvalue weighted by Gasteiger charge is -2.19. The maximum Gasteiger partial charge on any atom is 0.221 e. The predicted octanol–water partition coefficient (Wildman–Crippen LogP) is 3.73. The van der Waals surface area contributed by atoms with E-state index in [0.29, 0.717) is 6.54 Å². The molecule has 1 unspecified atom stereocenters. The number of hydrogen-bond acceptors (Lipinski definition) is 7. The zero-order valence-corrected chi connectivity index (χ0v) is 19.9. The van der Waals surface area contributed by atoms with E-state index in [1.807, 2.05) is 48.7 Å². The molecule has 1 saturated heterocycles. The summed E-state index contributed by atoms with van der Waals surface area (Å²) in [4.78, 5) is 17.9. The number of thioether (sulfide) groups is 1.